The number of benzene rings is 1. The van der Waals surface area contributed by atoms with E-state index in [1.54, 1.807) is 6.07 Å². The second kappa shape index (κ2) is 5.91. The smallest absolute Gasteiger partial charge is 0.127 e. The Morgan fingerprint density at radius 2 is 1.84 bits per heavy atom. The number of rotatable bonds is 3. The fraction of sp³-hybridized carbons (Fsp3) is 0.625. The Bertz CT molecular complexity index is 423. The zero-order valence-corrected chi connectivity index (χ0v) is 12.0. The molecule has 1 fully saturated rings. The van der Waals surface area contributed by atoms with Crippen LogP contribution in [0.25, 0.3) is 0 Å². The lowest BCUT2D eigenvalue weighted by molar-refractivity contribution is 0.0995. The van der Waals surface area contributed by atoms with Crippen LogP contribution in [0.3, 0.4) is 0 Å². The van der Waals surface area contributed by atoms with Crippen LogP contribution in [-0.4, -0.2) is 6.10 Å². The summed E-state index contributed by atoms with van der Waals surface area (Å²) in [7, 11) is 0. The minimum atomic E-state index is -0.267. The van der Waals surface area contributed by atoms with Gasteiger partial charge >= 0.3 is 0 Å². The van der Waals surface area contributed by atoms with E-state index < -0.39 is 0 Å². The van der Waals surface area contributed by atoms with Crippen LogP contribution < -0.4 is 10.5 Å². The molecule has 0 saturated heterocycles. The molecule has 2 N–H and O–H groups in total. The highest BCUT2D eigenvalue weighted by Gasteiger charge is 2.26. The van der Waals surface area contributed by atoms with Crippen molar-refractivity contribution in [2.45, 2.75) is 52.2 Å². The van der Waals surface area contributed by atoms with Crippen molar-refractivity contribution in [3.05, 3.63) is 29.6 Å². The van der Waals surface area contributed by atoms with E-state index in [-0.39, 0.29) is 18.0 Å². The maximum Gasteiger partial charge on any atom is 0.127 e. The Morgan fingerprint density at radius 1 is 1.21 bits per heavy atom. The first-order valence-electron chi connectivity index (χ1n) is 7.17. The fourth-order valence-corrected chi connectivity index (χ4v) is 3.14. The summed E-state index contributed by atoms with van der Waals surface area (Å²) in [4.78, 5) is 0. The second-order valence-corrected chi connectivity index (χ2v) is 6.13. The molecule has 1 saturated carbocycles. The quantitative estimate of drug-likeness (QED) is 0.895. The van der Waals surface area contributed by atoms with Crippen LogP contribution in [0.1, 0.15) is 51.6 Å². The molecule has 106 valence electrons. The van der Waals surface area contributed by atoms with E-state index in [4.69, 9.17) is 10.5 Å². The predicted molar refractivity (Wildman–Crippen MR) is 75.6 cm³/mol. The molecule has 1 aliphatic carbocycles. The van der Waals surface area contributed by atoms with E-state index in [1.807, 2.05) is 6.92 Å². The maximum absolute atomic E-state index is 13.4. The van der Waals surface area contributed by atoms with Gasteiger partial charge in [0, 0.05) is 17.7 Å². The predicted octanol–water partition coefficient (Wildman–Crippen LogP) is 4.05. The average molecular weight is 265 g/mol. The summed E-state index contributed by atoms with van der Waals surface area (Å²) in [5, 5.41) is 0. The van der Waals surface area contributed by atoms with E-state index in [1.165, 1.54) is 18.6 Å². The van der Waals surface area contributed by atoms with Gasteiger partial charge in [-0.1, -0.05) is 19.9 Å². The van der Waals surface area contributed by atoms with Crippen molar-refractivity contribution < 1.29 is 9.13 Å². The lowest BCUT2D eigenvalue weighted by Crippen LogP contribution is -2.29. The molecule has 2 rings (SSSR count). The van der Waals surface area contributed by atoms with E-state index in [0.29, 0.717) is 17.6 Å². The molecule has 2 unspecified atom stereocenters. The first-order chi connectivity index (χ1) is 8.95. The zero-order chi connectivity index (χ0) is 14.0. The Kier molecular flexibility index (Phi) is 4.46. The summed E-state index contributed by atoms with van der Waals surface area (Å²) in [6.07, 6.45) is 3.51. The Balaban J connectivity index is 2.15. The van der Waals surface area contributed by atoms with Crippen molar-refractivity contribution in [1.29, 1.82) is 0 Å². The number of nitrogens with two attached hydrogens (primary N) is 1. The number of hydrogen-bond donors (Lipinski definition) is 1. The second-order valence-electron chi connectivity index (χ2n) is 6.13. The van der Waals surface area contributed by atoms with Crippen LogP contribution >= 0.6 is 0 Å². The summed E-state index contributed by atoms with van der Waals surface area (Å²) < 4.78 is 19.4. The maximum atomic E-state index is 13.4. The number of halogens is 1. The van der Waals surface area contributed by atoms with Crippen LogP contribution in [0.4, 0.5) is 4.39 Å². The van der Waals surface area contributed by atoms with Gasteiger partial charge in [-0.05, 0) is 44.1 Å². The fourth-order valence-electron chi connectivity index (χ4n) is 3.14. The largest absolute Gasteiger partial charge is 0.490 e. The van der Waals surface area contributed by atoms with Gasteiger partial charge in [0.25, 0.3) is 0 Å². The molecule has 1 aliphatic rings. The van der Waals surface area contributed by atoms with Crippen LogP contribution in [0.5, 0.6) is 5.75 Å². The molecule has 3 atom stereocenters. The van der Waals surface area contributed by atoms with Crippen molar-refractivity contribution >= 4 is 0 Å². The highest BCUT2D eigenvalue weighted by molar-refractivity contribution is 5.36. The molecule has 0 bridgehead atoms. The van der Waals surface area contributed by atoms with Gasteiger partial charge in [-0.3, -0.25) is 0 Å². The molecule has 0 aromatic heterocycles. The molecule has 1 aromatic rings. The van der Waals surface area contributed by atoms with Crippen LogP contribution in [0.2, 0.25) is 0 Å². The monoisotopic (exact) mass is 265 g/mol. The SMILES string of the molecule is CC1CC(C)CC(Oc2cc(F)ccc2[C@@H](C)N)C1. The molecular weight excluding hydrogens is 241 g/mol. The molecular formula is C16H24FNO. The highest BCUT2D eigenvalue weighted by Crippen LogP contribution is 2.33. The van der Waals surface area contributed by atoms with Gasteiger partial charge in [-0.25, -0.2) is 4.39 Å². The molecule has 0 radical (unpaired) electrons. The lowest BCUT2D eigenvalue weighted by Gasteiger charge is -2.32. The molecule has 2 nitrogen and oxygen atoms in total. The lowest BCUT2D eigenvalue weighted by atomic mass is 9.82. The standard InChI is InChI=1S/C16H24FNO/c1-10-6-11(2)8-14(7-10)19-16-9-13(17)4-5-15(16)12(3)18/h4-5,9-12,14H,6-8,18H2,1-3H3/t10?,11?,12-,14?/m1/s1. The van der Waals surface area contributed by atoms with E-state index >= 15 is 0 Å². The van der Waals surface area contributed by atoms with Gasteiger partial charge in [-0.15, -0.1) is 0 Å². The number of hydrogen-bond acceptors (Lipinski definition) is 2. The van der Waals surface area contributed by atoms with Crippen LogP contribution in [-0.2, 0) is 0 Å². The Labute approximate surface area is 115 Å². The Morgan fingerprint density at radius 3 is 2.42 bits per heavy atom. The highest BCUT2D eigenvalue weighted by atomic mass is 19.1. The van der Waals surface area contributed by atoms with Gasteiger partial charge in [-0.2, -0.15) is 0 Å². The summed E-state index contributed by atoms with van der Waals surface area (Å²) in [5.74, 6) is 1.68. The normalized spacial score (nSPS) is 29.0. The minimum absolute atomic E-state index is 0.144. The van der Waals surface area contributed by atoms with E-state index in [9.17, 15) is 4.39 Å². The average Bonchev–Trinajstić information content (AvgIpc) is 2.26. The summed E-state index contributed by atoms with van der Waals surface area (Å²) in [6.45, 7) is 6.40. The minimum Gasteiger partial charge on any atom is -0.490 e. The summed E-state index contributed by atoms with van der Waals surface area (Å²) in [6, 6.07) is 4.49. The van der Waals surface area contributed by atoms with Crippen molar-refractivity contribution in [3.8, 4) is 5.75 Å². The molecule has 3 heteroatoms. The molecule has 1 aromatic carbocycles. The van der Waals surface area contributed by atoms with E-state index in [0.717, 1.165) is 18.4 Å². The zero-order valence-electron chi connectivity index (χ0n) is 12.0. The van der Waals surface area contributed by atoms with Gasteiger partial charge in [0.15, 0.2) is 0 Å². The van der Waals surface area contributed by atoms with Crippen molar-refractivity contribution in [3.63, 3.8) is 0 Å². The molecule has 0 heterocycles. The first-order valence-corrected chi connectivity index (χ1v) is 7.17. The molecule has 19 heavy (non-hydrogen) atoms. The van der Waals surface area contributed by atoms with Gasteiger partial charge in [0.2, 0.25) is 0 Å². The van der Waals surface area contributed by atoms with Crippen LogP contribution in [0.15, 0.2) is 18.2 Å². The first kappa shape index (κ1) is 14.3. The van der Waals surface area contributed by atoms with Crippen LogP contribution in [0, 0.1) is 17.7 Å². The van der Waals surface area contributed by atoms with Gasteiger partial charge in [0.1, 0.15) is 11.6 Å². The number of ether oxygens (including phenoxy) is 1. The Hall–Kier alpha value is -1.09. The summed E-state index contributed by atoms with van der Waals surface area (Å²) in [5.41, 5.74) is 6.80. The van der Waals surface area contributed by atoms with Gasteiger partial charge < -0.3 is 10.5 Å². The van der Waals surface area contributed by atoms with E-state index in [2.05, 4.69) is 13.8 Å². The molecule has 0 aliphatic heterocycles. The third kappa shape index (κ3) is 3.69. The topological polar surface area (TPSA) is 35.2 Å². The molecule has 0 spiro atoms. The third-order valence-electron chi connectivity index (χ3n) is 3.90. The van der Waals surface area contributed by atoms with Crippen molar-refractivity contribution in [1.82, 2.24) is 0 Å². The third-order valence-corrected chi connectivity index (χ3v) is 3.90. The van der Waals surface area contributed by atoms with Gasteiger partial charge in [0.05, 0.1) is 6.10 Å². The van der Waals surface area contributed by atoms with Crippen molar-refractivity contribution in [2.75, 3.05) is 0 Å². The summed E-state index contributed by atoms with van der Waals surface area (Å²) >= 11 is 0. The molecule has 0 amide bonds. The van der Waals surface area contributed by atoms with Crippen molar-refractivity contribution in [2.24, 2.45) is 17.6 Å².